The predicted molar refractivity (Wildman–Crippen MR) is 99.6 cm³/mol. The first-order valence-electron chi connectivity index (χ1n) is 7.61. The number of aromatic nitrogens is 2. The van der Waals surface area contributed by atoms with Crippen molar-refractivity contribution in [3.05, 3.63) is 71.7 Å². The van der Waals surface area contributed by atoms with Crippen molar-refractivity contribution in [1.82, 2.24) is 10.2 Å². The van der Waals surface area contributed by atoms with Crippen LogP contribution in [0.25, 0.3) is 0 Å². The zero-order valence-electron chi connectivity index (χ0n) is 13.0. The van der Waals surface area contributed by atoms with Crippen molar-refractivity contribution in [1.29, 1.82) is 0 Å². The third-order valence-corrected chi connectivity index (χ3v) is 5.34. The van der Waals surface area contributed by atoms with Crippen LogP contribution in [0.15, 0.2) is 70.5 Å². The number of benzene rings is 2. The van der Waals surface area contributed by atoms with Gasteiger partial charge in [0, 0.05) is 12.2 Å². The molecule has 1 aromatic heterocycles. The average Bonchev–Trinajstić information content (AvgIpc) is 3.15. The van der Waals surface area contributed by atoms with E-state index in [4.69, 9.17) is 0 Å². The van der Waals surface area contributed by atoms with Crippen LogP contribution >= 0.6 is 23.1 Å². The Balaban J connectivity index is 1.68. The molecule has 2 aromatic carbocycles. The second-order valence-corrected chi connectivity index (χ2v) is 7.17. The van der Waals surface area contributed by atoms with Crippen molar-refractivity contribution in [3.63, 3.8) is 0 Å². The molecule has 0 unspecified atom stereocenters. The second-order valence-electron chi connectivity index (χ2n) is 5.11. The van der Waals surface area contributed by atoms with Crippen LogP contribution in [-0.2, 0) is 11.2 Å². The Morgan fingerprint density at radius 2 is 1.75 bits per heavy atom. The number of nitrogens with zero attached hydrogens (tertiary/aromatic N) is 3. The normalized spacial score (nSPS) is 10.5. The summed E-state index contributed by atoms with van der Waals surface area (Å²) in [5.74, 6) is 0.441. The van der Waals surface area contributed by atoms with Gasteiger partial charge in [0.1, 0.15) is 5.51 Å². The number of carbonyl (C=O) groups excluding carboxylic acids is 1. The molecule has 0 N–H and O–H groups in total. The predicted octanol–water partition coefficient (Wildman–Crippen LogP) is 3.91. The molecule has 0 spiro atoms. The highest BCUT2D eigenvalue weighted by molar-refractivity contribution is 8.01. The Labute approximate surface area is 149 Å². The minimum atomic E-state index is 0.0809. The molecule has 24 heavy (non-hydrogen) atoms. The van der Waals surface area contributed by atoms with Crippen molar-refractivity contribution >= 4 is 34.7 Å². The maximum Gasteiger partial charge on any atom is 0.237 e. The number of thioether (sulfide) groups is 1. The Hall–Kier alpha value is -2.18. The van der Waals surface area contributed by atoms with E-state index in [-0.39, 0.29) is 5.91 Å². The van der Waals surface area contributed by atoms with Gasteiger partial charge in [0.15, 0.2) is 4.34 Å². The number of hydrogen-bond acceptors (Lipinski definition) is 5. The fourth-order valence-corrected chi connectivity index (χ4v) is 3.68. The minimum absolute atomic E-state index is 0.0809. The van der Waals surface area contributed by atoms with Crippen LogP contribution in [-0.4, -0.2) is 28.4 Å². The van der Waals surface area contributed by atoms with Gasteiger partial charge in [0.2, 0.25) is 5.91 Å². The standard InChI is InChI=1S/C18H17N3OS2/c22-17(13-23-18-20-19-14-24-18)21(16-9-5-2-6-10-16)12-11-15-7-3-1-4-8-15/h1-10,14H,11-13H2. The van der Waals surface area contributed by atoms with E-state index >= 15 is 0 Å². The Kier molecular flexibility index (Phi) is 5.98. The summed E-state index contributed by atoms with van der Waals surface area (Å²) in [5.41, 5.74) is 3.83. The van der Waals surface area contributed by atoms with E-state index in [0.717, 1.165) is 16.4 Å². The maximum atomic E-state index is 12.7. The lowest BCUT2D eigenvalue weighted by Gasteiger charge is -2.22. The molecule has 3 rings (SSSR count). The summed E-state index contributed by atoms with van der Waals surface area (Å²) in [6.45, 7) is 0.656. The van der Waals surface area contributed by atoms with E-state index in [9.17, 15) is 4.79 Å². The van der Waals surface area contributed by atoms with Crippen molar-refractivity contribution in [2.75, 3.05) is 17.2 Å². The summed E-state index contributed by atoms with van der Waals surface area (Å²) in [7, 11) is 0. The van der Waals surface area contributed by atoms with Gasteiger partial charge in [0.05, 0.1) is 5.75 Å². The highest BCUT2D eigenvalue weighted by Gasteiger charge is 2.16. The largest absolute Gasteiger partial charge is 0.311 e. The van der Waals surface area contributed by atoms with Gasteiger partial charge in [-0.25, -0.2) is 0 Å². The lowest BCUT2D eigenvalue weighted by atomic mass is 10.1. The zero-order valence-corrected chi connectivity index (χ0v) is 14.7. The SMILES string of the molecule is O=C(CSc1nncs1)N(CCc1ccccc1)c1ccccc1. The van der Waals surface area contributed by atoms with Crippen LogP contribution in [0.5, 0.6) is 0 Å². The average molecular weight is 355 g/mol. The van der Waals surface area contributed by atoms with E-state index in [1.165, 1.54) is 28.7 Å². The topological polar surface area (TPSA) is 46.1 Å². The fourth-order valence-electron chi connectivity index (χ4n) is 2.32. The molecule has 0 saturated heterocycles. The lowest BCUT2D eigenvalue weighted by Crippen LogP contribution is -2.34. The summed E-state index contributed by atoms with van der Waals surface area (Å²) in [4.78, 5) is 14.6. The second kappa shape index (κ2) is 8.61. The molecule has 0 atom stereocenters. The van der Waals surface area contributed by atoms with Gasteiger partial charge < -0.3 is 4.90 Å². The van der Waals surface area contributed by atoms with Gasteiger partial charge in [0.25, 0.3) is 0 Å². The van der Waals surface area contributed by atoms with Gasteiger partial charge in [-0.3, -0.25) is 4.79 Å². The third kappa shape index (κ3) is 4.66. The third-order valence-electron chi connectivity index (χ3n) is 3.49. The van der Waals surface area contributed by atoms with Gasteiger partial charge in [-0.1, -0.05) is 71.6 Å². The quantitative estimate of drug-likeness (QED) is 0.603. The molecule has 0 aliphatic rings. The molecule has 3 aromatic rings. The number of anilines is 1. The molecule has 0 radical (unpaired) electrons. The summed E-state index contributed by atoms with van der Waals surface area (Å²) in [5, 5.41) is 7.78. The van der Waals surface area contributed by atoms with Gasteiger partial charge in [-0.05, 0) is 24.1 Å². The molecule has 0 aliphatic heterocycles. The monoisotopic (exact) mass is 355 g/mol. The Morgan fingerprint density at radius 3 is 2.42 bits per heavy atom. The first-order chi connectivity index (χ1) is 11.8. The van der Waals surface area contributed by atoms with Crippen LogP contribution in [0, 0.1) is 0 Å². The van der Waals surface area contributed by atoms with Crippen LogP contribution in [0.2, 0.25) is 0 Å². The molecule has 0 saturated carbocycles. The molecule has 1 heterocycles. The molecule has 4 nitrogen and oxygen atoms in total. The molecule has 1 amide bonds. The molecular weight excluding hydrogens is 338 g/mol. The Bertz CT molecular complexity index is 748. The van der Waals surface area contributed by atoms with Crippen LogP contribution in [0.1, 0.15) is 5.56 Å². The number of amides is 1. The van der Waals surface area contributed by atoms with Crippen LogP contribution in [0.4, 0.5) is 5.69 Å². The number of carbonyl (C=O) groups is 1. The summed E-state index contributed by atoms with van der Waals surface area (Å²) in [6, 6.07) is 20.0. The van der Waals surface area contributed by atoms with E-state index in [1.54, 1.807) is 5.51 Å². The molecular formula is C18H17N3OS2. The van der Waals surface area contributed by atoms with Gasteiger partial charge in [-0.15, -0.1) is 10.2 Å². The smallest absolute Gasteiger partial charge is 0.237 e. The lowest BCUT2D eigenvalue weighted by molar-refractivity contribution is -0.116. The molecule has 0 fully saturated rings. The van der Waals surface area contributed by atoms with Gasteiger partial charge in [-0.2, -0.15) is 0 Å². The minimum Gasteiger partial charge on any atom is -0.311 e. The van der Waals surface area contributed by atoms with Crippen molar-refractivity contribution in [3.8, 4) is 0 Å². The molecule has 0 bridgehead atoms. The van der Waals surface area contributed by atoms with Crippen LogP contribution in [0.3, 0.4) is 0 Å². The number of para-hydroxylation sites is 1. The van der Waals surface area contributed by atoms with E-state index in [2.05, 4.69) is 22.3 Å². The van der Waals surface area contributed by atoms with E-state index in [1.807, 2.05) is 53.4 Å². The molecule has 122 valence electrons. The number of hydrogen-bond donors (Lipinski definition) is 0. The summed E-state index contributed by atoms with van der Waals surface area (Å²) < 4.78 is 0.819. The number of rotatable bonds is 7. The Morgan fingerprint density at radius 1 is 1.04 bits per heavy atom. The fraction of sp³-hybridized carbons (Fsp3) is 0.167. The summed E-state index contributed by atoms with van der Waals surface area (Å²) >= 11 is 2.89. The van der Waals surface area contributed by atoms with E-state index < -0.39 is 0 Å². The summed E-state index contributed by atoms with van der Waals surface area (Å²) in [6.07, 6.45) is 0.824. The van der Waals surface area contributed by atoms with E-state index in [0.29, 0.717) is 12.3 Å². The van der Waals surface area contributed by atoms with Gasteiger partial charge >= 0.3 is 0 Å². The molecule has 0 aliphatic carbocycles. The molecule has 6 heteroatoms. The van der Waals surface area contributed by atoms with Crippen molar-refractivity contribution in [2.45, 2.75) is 10.8 Å². The highest BCUT2D eigenvalue weighted by Crippen LogP contribution is 2.21. The van der Waals surface area contributed by atoms with Crippen molar-refractivity contribution in [2.24, 2.45) is 0 Å². The first kappa shape index (κ1) is 16.7. The first-order valence-corrected chi connectivity index (χ1v) is 9.48. The van der Waals surface area contributed by atoms with Crippen molar-refractivity contribution < 1.29 is 4.79 Å². The maximum absolute atomic E-state index is 12.7. The zero-order chi connectivity index (χ0) is 16.6. The highest BCUT2D eigenvalue weighted by atomic mass is 32.2. The van der Waals surface area contributed by atoms with Crippen LogP contribution < -0.4 is 4.90 Å².